The largest absolute Gasteiger partial charge is 0.508 e. The zero-order valence-corrected chi connectivity index (χ0v) is 20.4. The fourth-order valence-electron chi connectivity index (χ4n) is 4.45. The van der Waals surface area contributed by atoms with Crippen LogP contribution < -0.4 is 5.32 Å². The Labute approximate surface area is 205 Å². The molecule has 0 bridgehead atoms. The summed E-state index contributed by atoms with van der Waals surface area (Å²) in [6, 6.07) is 10.7. The van der Waals surface area contributed by atoms with Crippen molar-refractivity contribution in [3.05, 3.63) is 59.4 Å². The summed E-state index contributed by atoms with van der Waals surface area (Å²) in [6.45, 7) is 7.53. The summed E-state index contributed by atoms with van der Waals surface area (Å²) < 4.78 is 1.71. The van der Waals surface area contributed by atoms with E-state index >= 15 is 0 Å². The Morgan fingerprint density at radius 1 is 1.11 bits per heavy atom. The number of hydrogen-bond acceptors (Lipinski definition) is 5. The zero-order chi connectivity index (χ0) is 25.1. The van der Waals surface area contributed by atoms with E-state index in [0.717, 1.165) is 24.9 Å². The van der Waals surface area contributed by atoms with Crippen LogP contribution in [0, 0.1) is 0 Å². The van der Waals surface area contributed by atoms with E-state index in [1.54, 1.807) is 10.6 Å². The Bertz CT molecular complexity index is 1230. The van der Waals surface area contributed by atoms with Gasteiger partial charge < -0.3 is 20.4 Å². The summed E-state index contributed by atoms with van der Waals surface area (Å²) in [4.78, 5) is 31.4. The van der Waals surface area contributed by atoms with Crippen LogP contribution in [-0.2, 0) is 11.3 Å². The molecule has 3 aromatic rings. The average molecular weight is 477 g/mol. The highest BCUT2D eigenvalue weighted by atomic mass is 16.3. The van der Waals surface area contributed by atoms with E-state index in [2.05, 4.69) is 10.3 Å². The molecule has 8 heteroatoms. The predicted molar refractivity (Wildman–Crippen MR) is 134 cm³/mol. The topological polar surface area (TPSA) is 108 Å². The smallest absolute Gasteiger partial charge is 0.269 e. The molecule has 2 heterocycles. The predicted octanol–water partition coefficient (Wildman–Crippen LogP) is 4.34. The van der Waals surface area contributed by atoms with E-state index in [0.29, 0.717) is 47.8 Å². The maximum atomic E-state index is 12.8. The van der Waals surface area contributed by atoms with Gasteiger partial charge in [-0.2, -0.15) is 0 Å². The second kappa shape index (κ2) is 10.2. The van der Waals surface area contributed by atoms with Gasteiger partial charge in [-0.05, 0) is 55.0 Å². The number of nitrogens with one attached hydrogen (secondary N) is 1. The Kier molecular flexibility index (Phi) is 7.10. The summed E-state index contributed by atoms with van der Waals surface area (Å²) >= 11 is 0. The first kappa shape index (κ1) is 24.3. The molecule has 2 aromatic carbocycles. The Morgan fingerprint density at radius 3 is 2.51 bits per heavy atom. The van der Waals surface area contributed by atoms with Gasteiger partial charge in [-0.15, -0.1) is 0 Å². The quantitative estimate of drug-likeness (QED) is 0.470. The number of piperidine rings is 1. The molecule has 4 rings (SSSR count). The molecule has 1 aromatic heterocycles. The molecule has 0 aliphatic carbocycles. The summed E-state index contributed by atoms with van der Waals surface area (Å²) in [6.07, 6.45) is 4.05. The maximum absolute atomic E-state index is 12.8. The summed E-state index contributed by atoms with van der Waals surface area (Å²) in [5, 5.41) is 23.8. The SMILES string of the molecule is CCNC(=O)c1cnc(-c2cc(C(C)C)c(O)cc2O)n1-c1ccc(CN2CCCCC2=O)cc1. The number of amides is 2. The van der Waals surface area contributed by atoms with Crippen molar-refractivity contribution in [3.63, 3.8) is 0 Å². The Balaban J connectivity index is 1.76. The lowest BCUT2D eigenvalue weighted by molar-refractivity contribution is -0.133. The van der Waals surface area contributed by atoms with Gasteiger partial charge in [0.25, 0.3) is 5.91 Å². The summed E-state index contributed by atoms with van der Waals surface area (Å²) in [7, 11) is 0. The van der Waals surface area contributed by atoms with E-state index in [4.69, 9.17) is 0 Å². The van der Waals surface area contributed by atoms with Crippen LogP contribution in [0.4, 0.5) is 0 Å². The summed E-state index contributed by atoms with van der Waals surface area (Å²) in [5.41, 5.74) is 3.13. The molecule has 0 unspecified atom stereocenters. The minimum Gasteiger partial charge on any atom is -0.508 e. The van der Waals surface area contributed by atoms with Crippen LogP contribution in [0.15, 0.2) is 42.6 Å². The molecule has 1 aliphatic heterocycles. The van der Waals surface area contributed by atoms with Crippen LogP contribution in [0.3, 0.4) is 0 Å². The van der Waals surface area contributed by atoms with Crippen LogP contribution >= 0.6 is 0 Å². The molecule has 0 spiro atoms. The van der Waals surface area contributed by atoms with Crippen molar-refractivity contribution >= 4 is 11.8 Å². The number of likely N-dealkylation sites (tertiary alicyclic amines) is 1. The van der Waals surface area contributed by atoms with Gasteiger partial charge in [0.15, 0.2) is 0 Å². The molecule has 184 valence electrons. The van der Waals surface area contributed by atoms with Crippen molar-refractivity contribution in [2.24, 2.45) is 0 Å². The molecular weight excluding hydrogens is 444 g/mol. The van der Waals surface area contributed by atoms with Gasteiger partial charge in [0.2, 0.25) is 5.91 Å². The third-order valence-electron chi connectivity index (χ3n) is 6.33. The van der Waals surface area contributed by atoms with Crippen molar-refractivity contribution in [1.82, 2.24) is 19.8 Å². The molecule has 2 amide bonds. The molecule has 8 nitrogen and oxygen atoms in total. The number of hydrogen-bond donors (Lipinski definition) is 3. The first-order valence-electron chi connectivity index (χ1n) is 12.1. The van der Waals surface area contributed by atoms with Crippen molar-refractivity contribution in [2.45, 2.75) is 52.5 Å². The lowest BCUT2D eigenvalue weighted by Gasteiger charge is -2.26. The molecule has 0 radical (unpaired) electrons. The number of rotatable bonds is 7. The third-order valence-corrected chi connectivity index (χ3v) is 6.33. The first-order valence-corrected chi connectivity index (χ1v) is 12.1. The number of aromatic nitrogens is 2. The monoisotopic (exact) mass is 476 g/mol. The number of aromatic hydroxyl groups is 2. The molecule has 35 heavy (non-hydrogen) atoms. The molecule has 1 fully saturated rings. The number of nitrogens with zero attached hydrogens (tertiary/aromatic N) is 3. The standard InChI is InChI=1S/C27H32N4O4/c1-4-28-27(35)22-15-29-26(21-13-20(17(2)3)23(32)14-24(21)33)31(22)19-10-8-18(9-11-19)16-30-12-6-5-7-25(30)34/h8-11,13-15,17,32-33H,4-7,12,16H2,1-3H3,(H,28,35). The highest BCUT2D eigenvalue weighted by Crippen LogP contribution is 2.38. The molecular formula is C27H32N4O4. The minimum absolute atomic E-state index is 0.0138. The zero-order valence-electron chi connectivity index (χ0n) is 20.4. The second-order valence-electron chi connectivity index (χ2n) is 9.18. The van der Waals surface area contributed by atoms with E-state index in [1.165, 1.54) is 12.3 Å². The lowest BCUT2D eigenvalue weighted by Crippen LogP contribution is -2.34. The van der Waals surface area contributed by atoms with Gasteiger partial charge in [0.05, 0.1) is 11.8 Å². The first-order chi connectivity index (χ1) is 16.8. The number of imidazole rings is 1. The minimum atomic E-state index is -0.281. The molecule has 0 saturated carbocycles. The molecule has 1 aliphatic rings. The maximum Gasteiger partial charge on any atom is 0.269 e. The van der Waals surface area contributed by atoms with Gasteiger partial charge in [-0.1, -0.05) is 26.0 Å². The van der Waals surface area contributed by atoms with Crippen LogP contribution in [0.2, 0.25) is 0 Å². The van der Waals surface area contributed by atoms with Gasteiger partial charge in [-0.3, -0.25) is 14.2 Å². The normalized spacial score (nSPS) is 13.9. The van der Waals surface area contributed by atoms with Crippen LogP contribution in [0.25, 0.3) is 17.1 Å². The van der Waals surface area contributed by atoms with Crippen molar-refractivity contribution in [1.29, 1.82) is 0 Å². The highest BCUT2D eigenvalue weighted by Gasteiger charge is 2.23. The number of phenols is 2. The average Bonchev–Trinajstić information content (AvgIpc) is 3.26. The highest BCUT2D eigenvalue weighted by molar-refractivity contribution is 5.94. The van der Waals surface area contributed by atoms with Gasteiger partial charge >= 0.3 is 0 Å². The second-order valence-corrected chi connectivity index (χ2v) is 9.18. The van der Waals surface area contributed by atoms with Crippen molar-refractivity contribution in [2.75, 3.05) is 13.1 Å². The van der Waals surface area contributed by atoms with Crippen molar-refractivity contribution < 1.29 is 19.8 Å². The van der Waals surface area contributed by atoms with Gasteiger partial charge in [-0.25, -0.2) is 4.98 Å². The number of carbonyl (C=O) groups excluding carboxylic acids is 2. The summed E-state index contributed by atoms with van der Waals surface area (Å²) in [5.74, 6) is 0.208. The molecule has 0 atom stereocenters. The van der Waals surface area contributed by atoms with E-state index in [9.17, 15) is 19.8 Å². The number of carbonyl (C=O) groups is 2. The number of benzene rings is 2. The fourth-order valence-corrected chi connectivity index (χ4v) is 4.45. The van der Waals surface area contributed by atoms with E-state index in [1.807, 2.05) is 49.9 Å². The Hall–Kier alpha value is -3.81. The number of phenolic OH excluding ortho intramolecular Hbond substituents is 2. The van der Waals surface area contributed by atoms with Crippen molar-refractivity contribution in [3.8, 4) is 28.6 Å². The van der Waals surface area contributed by atoms with Gasteiger partial charge in [0, 0.05) is 37.8 Å². The molecule has 1 saturated heterocycles. The Morgan fingerprint density at radius 2 is 1.86 bits per heavy atom. The fraction of sp³-hybridized carbons (Fsp3) is 0.370. The van der Waals surface area contributed by atoms with Crippen LogP contribution in [-0.4, -0.2) is 49.6 Å². The lowest BCUT2D eigenvalue weighted by atomic mass is 9.98. The van der Waals surface area contributed by atoms with Crippen LogP contribution in [0.1, 0.15) is 67.6 Å². The van der Waals surface area contributed by atoms with E-state index < -0.39 is 0 Å². The molecule has 3 N–H and O–H groups in total. The van der Waals surface area contributed by atoms with E-state index in [-0.39, 0.29) is 29.2 Å². The van der Waals surface area contributed by atoms with Gasteiger partial charge in [0.1, 0.15) is 23.0 Å². The third kappa shape index (κ3) is 5.01. The van der Waals surface area contributed by atoms with Crippen LogP contribution in [0.5, 0.6) is 11.5 Å².